The van der Waals surface area contributed by atoms with Crippen molar-refractivity contribution in [1.82, 2.24) is 9.80 Å². The van der Waals surface area contributed by atoms with Crippen molar-refractivity contribution in [2.45, 2.75) is 38.3 Å². The lowest BCUT2D eigenvalue weighted by Crippen LogP contribution is -2.41. The molecule has 2 atom stereocenters. The molecular formula is C11H25N3. The van der Waals surface area contributed by atoms with Crippen LogP contribution in [0.25, 0.3) is 0 Å². The predicted molar refractivity (Wildman–Crippen MR) is 61.4 cm³/mol. The fraction of sp³-hybridized carbons (Fsp3) is 1.00. The molecule has 0 aromatic carbocycles. The van der Waals surface area contributed by atoms with Gasteiger partial charge in [0.1, 0.15) is 0 Å². The van der Waals surface area contributed by atoms with Crippen molar-refractivity contribution in [2.75, 3.05) is 33.7 Å². The summed E-state index contributed by atoms with van der Waals surface area (Å²) >= 11 is 0. The zero-order chi connectivity index (χ0) is 10.6. The Hall–Kier alpha value is -0.120. The number of likely N-dealkylation sites (tertiary alicyclic amines) is 1. The third kappa shape index (κ3) is 3.56. The van der Waals surface area contributed by atoms with Gasteiger partial charge >= 0.3 is 0 Å². The summed E-state index contributed by atoms with van der Waals surface area (Å²) in [5.74, 6) is 0. The minimum atomic E-state index is 0.340. The molecular weight excluding hydrogens is 174 g/mol. The van der Waals surface area contributed by atoms with Gasteiger partial charge in [-0.25, -0.2) is 0 Å². The van der Waals surface area contributed by atoms with Gasteiger partial charge in [0.2, 0.25) is 0 Å². The monoisotopic (exact) mass is 199 g/mol. The molecule has 1 heterocycles. The summed E-state index contributed by atoms with van der Waals surface area (Å²) in [5.41, 5.74) is 5.93. The molecule has 0 aromatic heterocycles. The van der Waals surface area contributed by atoms with Crippen LogP contribution >= 0.6 is 0 Å². The molecule has 1 aliphatic heterocycles. The summed E-state index contributed by atoms with van der Waals surface area (Å²) in [6.45, 7) is 5.61. The zero-order valence-electron chi connectivity index (χ0n) is 9.87. The van der Waals surface area contributed by atoms with Gasteiger partial charge in [-0.2, -0.15) is 0 Å². The van der Waals surface area contributed by atoms with E-state index >= 15 is 0 Å². The zero-order valence-corrected chi connectivity index (χ0v) is 9.87. The van der Waals surface area contributed by atoms with Crippen molar-refractivity contribution in [3.63, 3.8) is 0 Å². The largest absolute Gasteiger partial charge is 0.327 e. The highest BCUT2D eigenvalue weighted by atomic mass is 15.2. The summed E-state index contributed by atoms with van der Waals surface area (Å²) in [6, 6.07) is 1.09. The Labute approximate surface area is 88.2 Å². The third-order valence-corrected chi connectivity index (χ3v) is 3.26. The van der Waals surface area contributed by atoms with Crippen LogP contribution in [0.1, 0.15) is 26.2 Å². The van der Waals surface area contributed by atoms with Crippen molar-refractivity contribution < 1.29 is 0 Å². The van der Waals surface area contributed by atoms with Gasteiger partial charge in [0, 0.05) is 25.2 Å². The number of hydrogen-bond donors (Lipinski definition) is 1. The molecule has 0 aliphatic carbocycles. The van der Waals surface area contributed by atoms with Crippen molar-refractivity contribution in [3.05, 3.63) is 0 Å². The van der Waals surface area contributed by atoms with Gasteiger partial charge in [-0.1, -0.05) is 6.92 Å². The minimum absolute atomic E-state index is 0.340. The maximum atomic E-state index is 5.93. The van der Waals surface area contributed by atoms with Gasteiger partial charge < -0.3 is 15.5 Å². The van der Waals surface area contributed by atoms with Gasteiger partial charge in [0.25, 0.3) is 0 Å². The van der Waals surface area contributed by atoms with Crippen LogP contribution in [0.3, 0.4) is 0 Å². The van der Waals surface area contributed by atoms with E-state index in [4.69, 9.17) is 5.73 Å². The van der Waals surface area contributed by atoms with Crippen LogP contribution in [-0.2, 0) is 0 Å². The molecule has 2 unspecified atom stereocenters. The first kappa shape index (κ1) is 12.0. The molecule has 1 saturated heterocycles. The molecule has 2 N–H and O–H groups in total. The van der Waals surface area contributed by atoms with Gasteiger partial charge in [0.05, 0.1) is 0 Å². The molecule has 0 radical (unpaired) electrons. The molecule has 1 rings (SSSR count). The maximum absolute atomic E-state index is 5.93. The molecule has 3 nitrogen and oxygen atoms in total. The number of nitrogens with two attached hydrogens (primary N) is 1. The molecule has 0 aromatic rings. The maximum Gasteiger partial charge on any atom is 0.0220 e. The normalized spacial score (nSPS) is 25.9. The molecule has 84 valence electrons. The summed E-state index contributed by atoms with van der Waals surface area (Å²) < 4.78 is 0. The van der Waals surface area contributed by atoms with Crippen LogP contribution in [0.5, 0.6) is 0 Å². The van der Waals surface area contributed by atoms with Crippen LogP contribution in [0.2, 0.25) is 0 Å². The van der Waals surface area contributed by atoms with Crippen molar-refractivity contribution >= 4 is 0 Å². The Morgan fingerprint density at radius 2 is 2.29 bits per heavy atom. The Balaban J connectivity index is 2.22. The first-order valence-corrected chi connectivity index (χ1v) is 5.77. The predicted octanol–water partition coefficient (Wildman–Crippen LogP) is 0.750. The molecule has 0 amide bonds. The Bertz CT molecular complexity index is 161. The number of likely N-dealkylation sites (N-methyl/N-ethyl adjacent to an activating group) is 2. The lowest BCUT2D eigenvalue weighted by atomic mass is 10.2. The first-order valence-electron chi connectivity index (χ1n) is 5.77. The van der Waals surface area contributed by atoms with Gasteiger partial charge in [0.15, 0.2) is 0 Å². The quantitative estimate of drug-likeness (QED) is 0.709. The SMILES string of the molecule is CCC(N)CN(C)CC1CCCN1C. The fourth-order valence-electron chi connectivity index (χ4n) is 2.17. The van der Waals surface area contributed by atoms with E-state index in [1.807, 2.05) is 0 Å². The molecule has 0 saturated carbocycles. The Morgan fingerprint density at radius 3 is 2.79 bits per heavy atom. The van der Waals surface area contributed by atoms with Crippen LogP contribution < -0.4 is 5.73 Å². The summed E-state index contributed by atoms with van der Waals surface area (Å²) in [4.78, 5) is 4.84. The van der Waals surface area contributed by atoms with E-state index < -0.39 is 0 Å². The van der Waals surface area contributed by atoms with E-state index in [2.05, 4.69) is 30.8 Å². The van der Waals surface area contributed by atoms with E-state index in [0.717, 1.165) is 19.0 Å². The Morgan fingerprint density at radius 1 is 1.57 bits per heavy atom. The highest BCUT2D eigenvalue weighted by molar-refractivity contribution is 4.79. The fourth-order valence-corrected chi connectivity index (χ4v) is 2.17. The molecule has 0 bridgehead atoms. The summed E-state index contributed by atoms with van der Waals surface area (Å²) in [5, 5.41) is 0. The molecule has 1 aliphatic rings. The second-order valence-corrected chi connectivity index (χ2v) is 4.67. The van der Waals surface area contributed by atoms with E-state index in [1.54, 1.807) is 0 Å². The van der Waals surface area contributed by atoms with E-state index in [9.17, 15) is 0 Å². The molecule has 3 heteroatoms. The highest BCUT2D eigenvalue weighted by Crippen LogP contribution is 2.15. The lowest BCUT2D eigenvalue weighted by molar-refractivity contribution is 0.212. The molecule has 14 heavy (non-hydrogen) atoms. The average Bonchev–Trinajstić information content (AvgIpc) is 2.51. The van der Waals surface area contributed by atoms with Crippen LogP contribution in [0.15, 0.2) is 0 Å². The second kappa shape index (κ2) is 5.69. The second-order valence-electron chi connectivity index (χ2n) is 4.67. The number of hydrogen-bond acceptors (Lipinski definition) is 3. The number of rotatable bonds is 5. The lowest BCUT2D eigenvalue weighted by Gasteiger charge is -2.27. The van der Waals surface area contributed by atoms with Crippen LogP contribution in [-0.4, -0.2) is 55.6 Å². The molecule has 0 spiro atoms. The summed E-state index contributed by atoms with van der Waals surface area (Å²) in [6.07, 6.45) is 3.78. The van der Waals surface area contributed by atoms with E-state index in [0.29, 0.717) is 6.04 Å². The van der Waals surface area contributed by atoms with Crippen LogP contribution in [0.4, 0.5) is 0 Å². The van der Waals surface area contributed by atoms with Gasteiger partial charge in [-0.05, 0) is 39.9 Å². The van der Waals surface area contributed by atoms with E-state index in [-0.39, 0.29) is 0 Å². The topological polar surface area (TPSA) is 32.5 Å². The third-order valence-electron chi connectivity index (χ3n) is 3.26. The average molecular weight is 199 g/mol. The smallest absolute Gasteiger partial charge is 0.0220 e. The van der Waals surface area contributed by atoms with Crippen molar-refractivity contribution in [2.24, 2.45) is 5.73 Å². The summed E-state index contributed by atoms with van der Waals surface area (Å²) in [7, 11) is 4.41. The minimum Gasteiger partial charge on any atom is -0.327 e. The first-order chi connectivity index (χ1) is 6.63. The Kier molecular flexibility index (Phi) is 4.85. The van der Waals surface area contributed by atoms with Crippen LogP contribution in [0, 0.1) is 0 Å². The highest BCUT2D eigenvalue weighted by Gasteiger charge is 2.22. The number of nitrogens with zero attached hydrogens (tertiary/aromatic N) is 2. The van der Waals surface area contributed by atoms with Crippen molar-refractivity contribution in [1.29, 1.82) is 0 Å². The van der Waals surface area contributed by atoms with Crippen molar-refractivity contribution in [3.8, 4) is 0 Å². The van der Waals surface area contributed by atoms with E-state index in [1.165, 1.54) is 25.9 Å². The van der Waals surface area contributed by atoms with Gasteiger partial charge in [-0.15, -0.1) is 0 Å². The molecule has 1 fully saturated rings. The van der Waals surface area contributed by atoms with Gasteiger partial charge in [-0.3, -0.25) is 0 Å². The standard InChI is InChI=1S/C11H25N3/c1-4-10(12)8-13(2)9-11-6-5-7-14(11)3/h10-11H,4-9,12H2,1-3H3.